The molecule has 94 valence electrons. The molecular weight excluding hydrogens is 224 g/mol. The van der Waals surface area contributed by atoms with E-state index in [9.17, 15) is 0 Å². The summed E-state index contributed by atoms with van der Waals surface area (Å²) in [4.78, 5) is 0. The van der Waals surface area contributed by atoms with Crippen molar-refractivity contribution in [3.05, 3.63) is 35.9 Å². The smallest absolute Gasteiger partial charge is 0.242 e. The van der Waals surface area contributed by atoms with Gasteiger partial charge in [-0.1, -0.05) is 38.6 Å². The summed E-state index contributed by atoms with van der Waals surface area (Å²) in [7, 11) is -1.56. The summed E-state index contributed by atoms with van der Waals surface area (Å²) in [6.07, 6.45) is 2.97. The zero-order valence-electron chi connectivity index (χ0n) is 11.7. The van der Waals surface area contributed by atoms with Crippen LogP contribution in [0.1, 0.15) is 25.0 Å². The normalized spacial score (nSPS) is 11.6. The number of benzene rings is 1. The van der Waals surface area contributed by atoms with Crippen LogP contribution in [0.25, 0.3) is 6.08 Å². The maximum Gasteiger partial charge on any atom is 0.242 e. The monoisotopic (exact) mass is 248 g/mol. The Hall–Kier alpha value is -1.02. The van der Waals surface area contributed by atoms with Gasteiger partial charge in [-0.2, -0.15) is 0 Å². The molecule has 0 unspecified atom stereocenters. The van der Waals surface area contributed by atoms with Gasteiger partial charge in [0.2, 0.25) is 8.32 Å². The highest BCUT2D eigenvalue weighted by molar-refractivity contribution is 6.70. The fourth-order valence-corrected chi connectivity index (χ4v) is 2.60. The van der Waals surface area contributed by atoms with E-state index in [1.165, 1.54) is 5.56 Å². The Morgan fingerprint density at radius 2 is 1.94 bits per heavy atom. The van der Waals surface area contributed by atoms with Crippen molar-refractivity contribution in [1.82, 2.24) is 0 Å². The largest absolute Gasteiger partial charge is 0.544 e. The van der Waals surface area contributed by atoms with Crippen molar-refractivity contribution < 1.29 is 4.43 Å². The fraction of sp³-hybridized carbons (Fsp3) is 0.467. The van der Waals surface area contributed by atoms with Crippen molar-refractivity contribution in [2.75, 3.05) is 0 Å². The van der Waals surface area contributed by atoms with E-state index in [0.29, 0.717) is 5.92 Å². The van der Waals surface area contributed by atoms with Gasteiger partial charge in [-0.3, -0.25) is 0 Å². The molecule has 0 heterocycles. The molecule has 0 saturated carbocycles. The van der Waals surface area contributed by atoms with E-state index in [2.05, 4.69) is 58.3 Å². The van der Waals surface area contributed by atoms with Crippen molar-refractivity contribution >= 4 is 14.4 Å². The Balaban J connectivity index is 3.02. The minimum absolute atomic E-state index is 0.671. The van der Waals surface area contributed by atoms with Gasteiger partial charge in [-0.05, 0) is 43.6 Å². The average molecular weight is 248 g/mol. The van der Waals surface area contributed by atoms with E-state index >= 15 is 0 Å². The molecule has 1 rings (SSSR count). The first-order valence-electron chi connectivity index (χ1n) is 6.26. The lowest BCUT2D eigenvalue weighted by atomic mass is 10.0. The standard InChI is InChI=1S/C15H24OSi/c1-7-14-9-8-13(10-12(2)3)11-15(14)16-17(4,5)6/h7-9,11-12H,1,10H2,2-6H3. The van der Waals surface area contributed by atoms with E-state index in [0.717, 1.165) is 17.7 Å². The molecule has 0 amide bonds. The zero-order valence-corrected chi connectivity index (χ0v) is 12.7. The highest BCUT2D eigenvalue weighted by atomic mass is 28.4. The molecule has 0 N–H and O–H groups in total. The topological polar surface area (TPSA) is 9.23 Å². The van der Waals surface area contributed by atoms with Crippen molar-refractivity contribution in [2.24, 2.45) is 5.92 Å². The van der Waals surface area contributed by atoms with E-state index in [1.807, 2.05) is 6.08 Å². The first kappa shape index (κ1) is 14.0. The maximum absolute atomic E-state index is 6.11. The third-order valence-corrected chi connectivity index (χ3v) is 3.19. The SMILES string of the molecule is C=Cc1ccc(CC(C)C)cc1O[Si](C)(C)C. The van der Waals surface area contributed by atoms with Crippen molar-refractivity contribution in [1.29, 1.82) is 0 Å². The quantitative estimate of drug-likeness (QED) is 0.684. The molecule has 0 fully saturated rings. The van der Waals surface area contributed by atoms with Gasteiger partial charge in [0.15, 0.2) is 0 Å². The third-order valence-electron chi connectivity index (χ3n) is 2.36. The third kappa shape index (κ3) is 4.78. The Bertz CT molecular complexity index is 388. The second-order valence-electron chi connectivity index (χ2n) is 5.89. The summed E-state index contributed by atoms with van der Waals surface area (Å²) in [5.41, 5.74) is 2.44. The second kappa shape index (κ2) is 5.54. The molecule has 1 aromatic rings. The molecule has 0 aliphatic rings. The van der Waals surface area contributed by atoms with E-state index in [4.69, 9.17) is 4.43 Å². The van der Waals surface area contributed by atoms with Crippen molar-refractivity contribution in [3.8, 4) is 5.75 Å². The summed E-state index contributed by atoms with van der Waals surface area (Å²) >= 11 is 0. The number of hydrogen-bond acceptors (Lipinski definition) is 1. The lowest BCUT2D eigenvalue weighted by Gasteiger charge is -2.21. The molecule has 1 aromatic carbocycles. The van der Waals surface area contributed by atoms with Gasteiger partial charge in [0.05, 0.1) is 0 Å². The molecule has 0 aliphatic carbocycles. The summed E-state index contributed by atoms with van der Waals surface area (Å²) < 4.78 is 6.11. The van der Waals surface area contributed by atoms with Crippen LogP contribution in [0.3, 0.4) is 0 Å². The lowest BCUT2D eigenvalue weighted by molar-refractivity contribution is 0.553. The van der Waals surface area contributed by atoms with E-state index < -0.39 is 8.32 Å². The molecule has 0 saturated heterocycles. The second-order valence-corrected chi connectivity index (χ2v) is 10.3. The zero-order chi connectivity index (χ0) is 13.1. The van der Waals surface area contributed by atoms with Crippen LogP contribution in [0, 0.1) is 5.92 Å². The molecule has 1 nitrogen and oxygen atoms in total. The Morgan fingerprint density at radius 1 is 1.29 bits per heavy atom. The first-order chi connectivity index (χ1) is 7.81. The van der Waals surface area contributed by atoms with E-state index in [1.54, 1.807) is 0 Å². The van der Waals surface area contributed by atoms with Gasteiger partial charge in [0.25, 0.3) is 0 Å². The minimum atomic E-state index is -1.56. The average Bonchev–Trinajstić information content (AvgIpc) is 2.14. The number of rotatable bonds is 5. The van der Waals surface area contributed by atoms with Gasteiger partial charge in [0.1, 0.15) is 5.75 Å². The summed E-state index contributed by atoms with van der Waals surface area (Å²) in [6, 6.07) is 6.46. The van der Waals surface area contributed by atoms with Crippen LogP contribution in [0.4, 0.5) is 0 Å². The van der Waals surface area contributed by atoms with Crippen LogP contribution >= 0.6 is 0 Å². The predicted molar refractivity (Wildman–Crippen MR) is 79.0 cm³/mol. The Labute approximate surface area is 107 Å². The molecule has 0 aliphatic heterocycles. The Morgan fingerprint density at radius 3 is 2.41 bits per heavy atom. The van der Waals surface area contributed by atoms with E-state index in [-0.39, 0.29) is 0 Å². The fourth-order valence-electron chi connectivity index (χ4n) is 1.76. The lowest BCUT2D eigenvalue weighted by Crippen LogP contribution is -2.29. The molecule has 0 radical (unpaired) electrons. The first-order valence-corrected chi connectivity index (χ1v) is 9.67. The van der Waals surface area contributed by atoms with Gasteiger partial charge in [-0.15, -0.1) is 0 Å². The molecule has 0 bridgehead atoms. The Kier molecular flexibility index (Phi) is 4.58. The predicted octanol–water partition coefficient (Wildman–Crippen LogP) is 4.74. The molecule has 0 aromatic heterocycles. The molecule has 0 spiro atoms. The van der Waals surface area contributed by atoms with Crippen LogP contribution < -0.4 is 4.43 Å². The van der Waals surface area contributed by atoms with Gasteiger partial charge < -0.3 is 4.43 Å². The highest BCUT2D eigenvalue weighted by Gasteiger charge is 2.18. The van der Waals surface area contributed by atoms with Crippen LogP contribution in [-0.2, 0) is 6.42 Å². The maximum atomic E-state index is 6.11. The van der Waals surface area contributed by atoms with Gasteiger partial charge in [-0.25, -0.2) is 0 Å². The summed E-state index contributed by atoms with van der Waals surface area (Å²) in [5, 5.41) is 0. The summed E-state index contributed by atoms with van der Waals surface area (Å²) in [6.45, 7) is 14.9. The van der Waals surface area contributed by atoms with Crippen LogP contribution in [0.2, 0.25) is 19.6 Å². The highest BCUT2D eigenvalue weighted by Crippen LogP contribution is 2.25. The molecular formula is C15H24OSi. The van der Waals surface area contributed by atoms with Crippen molar-refractivity contribution in [3.63, 3.8) is 0 Å². The number of hydrogen-bond donors (Lipinski definition) is 0. The van der Waals surface area contributed by atoms with Crippen molar-refractivity contribution in [2.45, 2.75) is 39.9 Å². The molecule has 17 heavy (non-hydrogen) atoms. The van der Waals surface area contributed by atoms with Crippen LogP contribution in [0.15, 0.2) is 24.8 Å². The van der Waals surface area contributed by atoms with Crippen LogP contribution in [-0.4, -0.2) is 8.32 Å². The van der Waals surface area contributed by atoms with Crippen LogP contribution in [0.5, 0.6) is 5.75 Å². The molecule has 0 atom stereocenters. The van der Waals surface area contributed by atoms with Gasteiger partial charge >= 0.3 is 0 Å². The minimum Gasteiger partial charge on any atom is -0.544 e. The van der Waals surface area contributed by atoms with Gasteiger partial charge in [0, 0.05) is 5.56 Å². The summed E-state index contributed by atoms with van der Waals surface area (Å²) in [5.74, 6) is 1.67. The molecule has 2 heteroatoms.